The Labute approximate surface area is 271 Å². The number of esters is 1. The Morgan fingerprint density at radius 2 is 1.83 bits per heavy atom. The average Bonchev–Trinajstić information content (AvgIpc) is 3.21. The number of hydrogen-bond donors (Lipinski definition) is 3. The predicted octanol–water partition coefficient (Wildman–Crippen LogP) is 4.83. The topological polar surface area (TPSA) is 167 Å². The minimum atomic E-state index is -4.49. The van der Waals surface area contributed by atoms with Crippen LogP contribution in [0.15, 0.2) is 65.6 Å². The number of ether oxygens (including phenoxy) is 2. The third-order valence-corrected chi connectivity index (χ3v) is 8.70. The quantitative estimate of drug-likeness (QED) is 0.175. The minimum absolute atomic E-state index is 0.0582. The number of aromatic nitrogens is 2. The molecule has 0 aliphatic carbocycles. The Kier molecular flexibility index (Phi) is 11.2. The maximum Gasteiger partial charge on any atom is 0.459 e. The van der Waals surface area contributed by atoms with Crippen LogP contribution in [0.2, 0.25) is 10.0 Å². The third-order valence-electron chi connectivity index (χ3n) is 6.32. The predicted molar refractivity (Wildman–Crippen MR) is 162 cm³/mol. The van der Waals surface area contributed by atoms with E-state index in [9.17, 15) is 24.1 Å². The summed E-state index contributed by atoms with van der Waals surface area (Å²) in [5.74, 6) is -5.77. The first kappa shape index (κ1) is 35.4. The molecule has 2 aromatic carbocycles. The number of nitrogens with zero attached hydrogens (tertiary/aromatic N) is 2. The van der Waals surface area contributed by atoms with E-state index in [0.29, 0.717) is 4.57 Å². The minimum Gasteiger partial charge on any atom is -0.462 e. The van der Waals surface area contributed by atoms with Crippen molar-refractivity contribution in [2.75, 3.05) is 11.9 Å². The first-order valence-electron chi connectivity index (χ1n) is 13.6. The lowest BCUT2D eigenvalue weighted by atomic mass is 10.1. The molecule has 5 atom stereocenters. The molecule has 1 fully saturated rings. The number of carbonyl (C=O) groups is 2. The van der Waals surface area contributed by atoms with Gasteiger partial charge in [-0.25, -0.2) is 9.36 Å². The normalized spacial score (nSPS) is 20.9. The van der Waals surface area contributed by atoms with Crippen LogP contribution in [-0.2, 0) is 23.4 Å². The molecule has 18 heteroatoms. The molecule has 13 nitrogen and oxygen atoms in total. The average molecular weight is 705 g/mol. The largest absolute Gasteiger partial charge is 0.462 e. The zero-order valence-electron chi connectivity index (χ0n) is 24.4. The number of amides is 1. The van der Waals surface area contributed by atoms with E-state index in [0.717, 1.165) is 12.3 Å². The Balaban J connectivity index is 1.49. The lowest BCUT2D eigenvalue weighted by Crippen LogP contribution is -2.42. The highest BCUT2D eigenvalue weighted by Gasteiger charge is 2.60. The van der Waals surface area contributed by atoms with Gasteiger partial charge in [0.05, 0.1) is 22.8 Å². The van der Waals surface area contributed by atoms with Crippen LogP contribution in [0.3, 0.4) is 0 Å². The van der Waals surface area contributed by atoms with Crippen LogP contribution < -0.4 is 20.6 Å². The molecule has 3 N–H and O–H groups in total. The number of para-hydroxylation sites is 1. The van der Waals surface area contributed by atoms with Crippen LogP contribution in [0.4, 0.5) is 14.6 Å². The summed E-state index contributed by atoms with van der Waals surface area (Å²) in [4.78, 5) is 41.2. The van der Waals surface area contributed by atoms with E-state index in [1.54, 1.807) is 32.0 Å². The number of hydrogen-bond acceptors (Lipinski definition) is 10. The van der Waals surface area contributed by atoms with Crippen molar-refractivity contribution >= 4 is 48.6 Å². The van der Waals surface area contributed by atoms with Crippen LogP contribution in [0.25, 0.3) is 0 Å². The Morgan fingerprint density at radius 3 is 2.46 bits per heavy atom. The summed E-state index contributed by atoms with van der Waals surface area (Å²) >= 11 is 11.8. The standard InChI is InChI=1S/C28H29Cl2F2N4O9P/c1-15(2)43-25(39)16(3)35-46(41,45-18-7-5-4-6-8-18)42-14-21-23(37)28(31,32)26(44-21)36-12-11-22(34-27(36)40)33-24(38)17-9-10-19(29)20(30)13-17/h4-13,15-16,21,23,26,37H,14H2,1-3H3,(H,35,41)(H,33,34,38,40). The molecule has 0 saturated carbocycles. The van der Waals surface area contributed by atoms with Crippen molar-refractivity contribution < 1.29 is 46.6 Å². The van der Waals surface area contributed by atoms with Crippen molar-refractivity contribution in [3.8, 4) is 5.75 Å². The molecule has 248 valence electrons. The summed E-state index contributed by atoms with van der Waals surface area (Å²) in [7, 11) is -4.49. The summed E-state index contributed by atoms with van der Waals surface area (Å²) in [6.45, 7) is 3.63. The van der Waals surface area contributed by atoms with Gasteiger partial charge in [0, 0.05) is 11.8 Å². The monoisotopic (exact) mass is 704 g/mol. The van der Waals surface area contributed by atoms with Crippen molar-refractivity contribution in [3.05, 3.63) is 86.9 Å². The fraction of sp³-hybridized carbons (Fsp3) is 0.357. The zero-order chi connectivity index (χ0) is 33.8. The first-order chi connectivity index (χ1) is 21.6. The van der Waals surface area contributed by atoms with Crippen molar-refractivity contribution in [3.63, 3.8) is 0 Å². The fourth-order valence-corrected chi connectivity index (χ4v) is 5.90. The Hall–Kier alpha value is -3.43. The highest BCUT2D eigenvalue weighted by molar-refractivity contribution is 7.52. The molecule has 1 saturated heterocycles. The van der Waals surface area contributed by atoms with Crippen LogP contribution in [-0.4, -0.2) is 63.4 Å². The molecule has 3 aromatic rings. The van der Waals surface area contributed by atoms with Gasteiger partial charge in [0.2, 0.25) is 6.23 Å². The summed E-state index contributed by atoms with van der Waals surface area (Å²) < 4.78 is 65.8. The van der Waals surface area contributed by atoms with Gasteiger partial charge in [-0.05, 0) is 57.2 Å². The van der Waals surface area contributed by atoms with Crippen LogP contribution >= 0.6 is 30.9 Å². The molecule has 1 amide bonds. The number of aliphatic hydroxyl groups excluding tert-OH is 1. The summed E-state index contributed by atoms with van der Waals surface area (Å²) in [5.41, 5.74) is -1.16. The number of alkyl halides is 2. The van der Waals surface area contributed by atoms with E-state index in [1.807, 2.05) is 0 Å². The summed E-state index contributed by atoms with van der Waals surface area (Å²) in [6, 6.07) is 11.6. The Bertz CT molecular complexity index is 1680. The summed E-state index contributed by atoms with van der Waals surface area (Å²) in [5, 5.41) is 15.5. The molecular formula is C28H29Cl2F2N4O9P. The maximum absolute atomic E-state index is 15.2. The van der Waals surface area contributed by atoms with Crippen molar-refractivity contribution in [1.29, 1.82) is 0 Å². The molecule has 5 unspecified atom stereocenters. The van der Waals surface area contributed by atoms with Gasteiger partial charge in [-0.3, -0.25) is 18.7 Å². The highest BCUT2D eigenvalue weighted by Crippen LogP contribution is 2.48. The van der Waals surface area contributed by atoms with E-state index in [2.05, 4.69) is 15.4 Å². The van der Waals surface area contributed by atoms with Gasteiger partial charge in [0.25, 0.3) is 5.91 Å². The molecule has 1 aromatic heterocycles. The number of halogens is 4. The van der Waals surface area contributed by atoms with Gasteiger partial charge >= 0.3 is 25.3 Å². The number of benzene rings is 2. The molecule has 46 heavy (non-hydrogen) atoms. The van der Waals surface area contributed by atoms with Crippen LogP contribution in [0.5, 0.6) is 5.75 Å². The maximum atomic E-state index is 15.2. The van der Waals surface area contributed by atoms with Crippen LogP contribution in [0, 0.1) is 0 Å². The van der Waals surface area contributed by atoms with Gasteiger partial charge in [0.1, 0.15) is 23.7 Å². The number of carbonyl (C=O) groups excluding carboxylic acids is 2. The first-order valence-corrected chi connectivity index (χ1v) is 15.9. The van der Waals surface area contributed by atoms with Crippen molar-refractivity contribution in [1.82, 2.24) is 14.6 Å². The lowest BCUT2D eigenvalue weighted by Gasteiger charge is -2.25. The second-order valence-corrected chi connectivity index (χ2v) is 12.8. The van der Waals surface area contributed by atoms with E-state index in [4.69, 9.17) is 41.7 Å². The van der Waals surface area contributed by atoms with Gasteiger partial charge in [-0.2, -0.15) is 18.9 Å². The van der Waals surface area contributed by atoms with E-state index in [-0.39, 0.29) is 27.2 Å². The van der Waals surface area contributed by atoms with E-state index in [1.165, 1.54) is 37.3 Å². The molecule has 1 aliphatic heterocycles. The molecule has 0 bridgehead atoms. The van der Waals surface area contributed by atoms with Gasteiger partial charge in [0.15, 0.2) is 6.10 Å². The number of anilines is 1. The van der Waals surface area contributed by atoms with Crippen molar-refractivity contribution in [2.45, 2.75) is 57.3 Å². The fourth-order valence-electron chi connectivity index (χ4n) is 4.10. The lowest BCUT2D eigenvalue weighted by molar-refractivity contribution is -0.149. The van der Waals surface area contributed by atoms with Gasteiger partial charge in [-0.1, -0.05) is 41.4 Å². The van der Waals surface area contributed by atoms with E-state index < -0.39 is 68.4 Å². The number of rotatable bonds is 12. The summed E-state index contributed by atoms with van der Waals surface area (Å²) in [6.07, 6.45) is -6.32. The number of nitrogens with one attached hydrogen (secondary N) is 2. The van der Waals surface area contributed by atoms with Gasteiger partial charge < -0.3 is 24.4 Å². The van der Waals surface area contributed by atoms with Crippen LogP contribution in [0.1, 0.15) is 37.4 Å². The molecule has 0 radical (unpaired) electrons. The molecule has 0 spiro atoms. The number of aliphatic hydroxyl groups is 1. The smallest absolute Gasteiger partial charge is 0.459 e. The van der Waals surface area contributed by atoms with Gasteiger partial charge in [-0.15, -0.1) is 0 Å². The second kappa shape index (κ2) is 14.6. The molecule has 2 heterocycles. The molecule has 1 aliphatic rings. The molecule has 4 rings (SSSR count). The Morgan fingerprint density at radius 1 is 1.13 bits per heavy atom. The SMILES string of the molecule is CC(C)OC(=O)C(C)NP(=O)(OCC1OC(n2ccc(NC(=O)c3ccc(Cl)c(Cl)c3)nc2=O)C(F)(F)C1O)Oc1ccccc1. The zero-order valence-corrected chi connectivity index (χ0v) is 26.8. The van der Waals surface area contributed by atoms with E-state index >= 15 is 8.78 Å². The third kappa shape index (κ3) is 8.48. The van der Waals surface area contributed by atoms with Crippen molar-refractivity contribution in [2.24, 2.45) is 0 Å². The molecular weight excluding hydrogens is 676 g/mol. The second-order valence-electron chi connectivity index (χ2n) is 10.3. The highest BCUT2D eigenvalue weighted by atomic mass is 35.5.